The molecule has 0 saturated heterocycles. The highest BCUT2D eigenvalue weighted by molar-refractivity contribution is 6.30. The van der Waals surface area contributed by atoms with E-state index in [9.17, 15) is 4.39 Å². The first-order valence-corrected chi connectivity index (χ1v) is 7.71. The number of nitrogens with one attached hydrogen (secondary N) is 1. The van der Waals surface area contributed by atoms with E-state index in [4.69, 9.17) is 11.6 Å². The van der Waals surface area contributed by atoms with Crippen LogP contribution in [0.4, 0.5) is 4.39 Å². The Morgan fingerprint density at radius 3 is 2.86 bits per heavy atom. The van der Waals surface area contributed by atoms with Gasteiger partial charge in [-0.15, -0.1) is 0 Å². The standard InChI is InChI=1S/C16H21ClFN3/c1-3-8-21-9-7-20-16(21)11-15(19-4-2)12-5-6-14(18)13(17)10-12/h5-7,9-10,15,19H,3-4,8,11H2,1-2H3. The largest absolute Gasteiger partial charge is 0.335 e. The number of halogens is 2. The first-order valence-electron chi connectivity index (χ1n) is 7.34. The van der Waals surface area contributed by atoms with E-state index in [1.165, 1.54) is 6.07 Å². The number of benzene rings is 1. The summed E-state index contributed by atoms with van der Waals surface area (Å²) in [4.78, 5) is 4.44. The summed E-state index contributed by atoms with van der Waals surface area (Å²) in [6.45, 7) is 5.98. The molecule has 2 rings (SSSR count). The monoisotopic (exact) mass is 309 g/mol. The summed E-state index contributed by atoms with van der Waals surface area (Å²) in [5, 5.41) is 3.58. The van der Waals surface area contributed by atoms with Crippen molar-refractivity contribution in [1.29, 1.82) is 0 Å². The second-order valence-electron chi connectivity index (χ2n) is 5.02. The van der Waals surface area contributed by atoms with E-state index >= 15 is 0 Å². The Labute approximate surface area is 130 Å². The number of hydrogen-bond donors (Lipinski definition) is 1. The molecule has 114 valence electrons. The van der Waals surface area contributed by atoms with E-state index < -0.39 is 0 Å². The van der Waals surface area contributed by atoms with Gasteiger partial charge in [-0.1, -0.05) is 31.5 Å². The zero-order chi connectivity index (χ0) is 15.2. The third kappa shape index (κ3) is 4.05. The summed E-state index contributed by atoms with van der Waals surface area (Å²) in [5.41, 5.74) is 0.981. The first kappa shape index (κ1) is 16.0. The number of aryl methyl sites for hydroxylation is 1. The zero-order valence-electron chi connectivity index (χ0n) is 12.4. The minimum absolute atomic E-state index is 0.0751. The summed E-state index contributed by atoms with van der Waals surface area (Å²) in [7, 11) is 0. The van der Waals surface area contributed by atoms with Gasteiger partial charge in [0.2, 0.25) is 0 Å². The maximum atomic E-state index is 13.3. The lowest BCUT2D eigenvalue weighted by molar-refractivity contribution is 0.515. The topological polar surface area (TPSA) is 29.9 Å². The van der Waals surface area contributed by atoms with Crippen LogP contribution in [0.25, 0.3) is 0 Å². The number of rotatable bonds is 7. The SMILES string of the molecule is CCCn1ccnc1CC(NCC)c1ccc(F)c(Cl)c1. The Balaban J connectivity index is 2.22. The molecule has 21 heavy (non-hydrogen) atoms. The minimum atomic E-state index is -0.386. The van der Waals surface area contributed by atoms with E-state index in [1.54, 1.807) is 12.1 Å². The number of aromatic nitrogens is 2. The lowest BCUT2D eigenvalue weighted by atomic mass is 10.0. The van der Waals surface area contributed by atoms with E-state index in [0.717, 1.165) is 37.3 Å². The van der Waals surface area contributed by atoms with Crippen molar-refractivity contribution >= 4 is 11.6 Å². The smallest absolute Gasteiger partial charge is 0.141 e. The lowest BCUT2D eigenvalue weighted by Gasteiger charge is -2.19. The molecule has 1 aromatic carbocycles. The Morgan fingerprint density at radius 1 is 1.38 bits per heavy atom. The molecule has 3 nitrogen and oxygen atoms in total. The van der Waals surface area contributed by atoms with Crippen LogP contribution in [-0.4, -0.2) is 16.1 Å². The number of hydrogen-bond acceptors (Lipinski definition) is 2. The van der Waals surface area contributed by atoms with Gasteiger partial charge in [0.15, 0.2) is 0 Å². The third-order valence-corrected chi connectivity index (χ3v) is 3.74. The van der Waals surface area contributed by atoms with Gasteiger partial charge in [0.05, 0.1) is 5.02 Å². The molecule has 0 aliphatic rings. The van der Waals surface area contributed by atoms with Crippen LogP contribution in [0.1, 0.15) is 37.7 Å². The molecule has 1 heterocycles. The number of nitrogens with zero attached hydrogens (tertiary/aromatic N) is 2. The predicted octanol–water partition coefficient (Wildman–Crippen LogP) is 3.98. The number of likely N-dealkylation sites (N-methyl/N-ethyl adjacent to an activating group) is 1. The maximum Gasteiger partial charge on any atom is 0.141 e. The Kier molecular flexibility index (Phi) is 5.76. The molecule has 1 atom stereocenters. The van der Waals surface area contributed by atoms with Crippen LogP contribution < -0.4 is 5.32 Å². The number of imidazole rings is 1. The molecular weight excluding hydrogens is 289 g/mol. The van der Waals surface area contributed by atoms with Crippen LogP contribution >= 0.6 is 11.6 Å². The Hall–Kier alpha value is -1.39. The summed E-state index contributed by atoms with van der Waals surface area (Å²) in [6, 6.07) is 4.96. The van der Waals surface area contributed by atoms with Gasteiger partial charge in [0.1, 0.15) is 11.6 Å². The van der Waals surface area contributed by atoms with Crippen molar-refractivity contribution < 1.29 is 4.39 Å². The summed E-state index contributed by atoms with van der Waals surface area (Å²) < 4.78 is 15.5. The van der Waals surface area contributed by atoms with Crippen LogP contribution in [-0.2, 0) is 13.0 Å². The van der Waals surface area contributed by atoms with Crippen LogP contribution in [0.5, 0.6) is 0 Å². The molecule has 0 saturated carbocycles. The molecule has 0 bridgehead atoms. The minimum Gasteiger partial charge on any atom is -0.335 e. The normalized spacial score (nSPS) is 12.6. The second kappa shape index (κ2) is 7.57. The molecular formula is C16H21ClFN3. The quantitative estimate of drug-likeness (QED) is 0.838. The van der Waals surface area contributed by atoms with Gasteiger partial charge in [-0.25, -0.2) is 9.37 Å². The third-order valence-electron chi connectivity index (χ3n) is 3.45. The molecule has 0 fully saturated rings. The molecule has 1 N–H and O–H groups in total. The Bertz CT molecular complexity index is 583. The van der Waals surface area contributed by atoms with Crippen molar-refractivity contribution in [2.45, 2.75) is 39.3 Å². The molecule has 0 spiro atoms. The highest BCUT2D eigenvalue weighted by atomic mass is 35.5. The van der Waals surface area contributed by atoms with E-state index in [-0.39, 0.29) is 16.9 Å². The average molecular weight is 310 g/mol. The Morgan fingerprint density at radius 2 is 2.19 bits per heavy atom. The summed E-state index contributed by atoms with van der Waals surface area (Å²) in [5.74, 6) is 0.645. The zero-order valence-corrected chi connectivity index (χ0v) is 13.2. The first-order chi connectivity index (χ1) is 10.2. The van der Waals surface area contributed by atoms with E-state index in [0.29, 0.717) is 0 Å². The van der Waals surface area contributed by atoms with Gasteiger partial charge in [-0.2, -0.15) is 0 Å². The van der Waals surface area contributed by atoms with Gasteiger partial charge in [-0.3, -0.25) is 0 Å². The van der Waals surface area contributed by atoms with E-state index in [1.807, 2.05) is 12.4 Å². The van der Waals surface area contributed by atoms with Gasteiger partial charge in [0.25, 0.3) is 0 Å². The summed E-state index contributed by atoms with van der Waals surface area (Å²) >= 11 is 5.90. The van der Waals surface area contributed by atoms with E-state index in [2.05, 4.69) is 28.7 Å². The molecule has 0 radical (unpaired) electrons. The van der Waals surface area contributed by atoms with Crippen LogP contribution in [0, 0.1) is 5.82 Å². The fourth-order valence-corrected chi connectivity index (χ4v) is 2.63. The van der Waals surface area contributed by atoms with Crippen molar-refractivity contribution in [3.63, 3.8) is 0 Å². The predicted molar refractivity (Wildman–Crippen MR) is 84.0 cm³/mol. The van der Waals surface area contributed by atoms with Crippen molar-refractivity contribution in [2.75, 3.05) is 6.54 Å². The molecule has 1 unspecified atom stereocenters. The van der Waals surface area contributed by atoms with Gasteiger partial charge < -0.3 is 9.88 Å². The van der Waals surface area contributed by atoms with Crippen LogP contribution in [0.3, 0.4) is 0 Å². The van der Waals surface area contributed by atoms with Crippen LogP contribution in [0.15, 0.2) is 30.6 Å². The van der Waals surface area contributed by atoms with Gasteiger partial charge in [0, 0.05) is 31.4 Å². The molecule has 0 aliphatic heterocycles. The lowest BCUT2D eigenvalue weighted by Crippen LogP contribution is -2.24. The fraction of sp³-hybridized carbons (Fsp3) is 0.438. The van der Waals surface area contributed by atoms with Crippen molar-refractivity contribution in [3.05, 3.63) is 52.8 Å². The molecule has 0 aliphatic carbocycles. The highest BCUT2D eigenvalue weighted by Gasteiger charge is 2.15. The van der Waals surface area contributed by atoms with Crippen molar-refractivity contribution in [3.8, 4) is 0 Å². The van der Waals surface area contributed by atoms with Crippen LogP contribution in [0.2, 0.25) is 5.02 Å². The maximum absolute atomic E-state index is 13.3. The molecule has 5 heteroatoms. The molecule has 1 aromatic heterocycles. The average Bonchev–Trinajstić information content (AvgIpc) is 2.89. The molecule has 2 aromatic rings. The van der Waals surface area contributed by atoms with Gasteiger partial charge in [-0.05, 0) is 30.7 Å². The highest BCUT2D eigenvalue weighted by Crippen LogP contribution is 2.23. The second-order valence-corrected chi connectivity index (χ2v) is 5.43. The van der Waals surface area contributed by atoms with Crippen molar-refractivity contribution in [1.82, 2.24) is 14.9 Å². The fourth-order valence-electron chi connectivity index (χ4n) is 2.44. The van der Waals surface area contributed by atoms with Crippen molar-refractivity contribution in [2.24, 2.45) is 0 Å². The summed E-state index contributed by atoms with van der Waals surface area (Å²) in [6.07, 6.45) is 5.64. The molecule has 0 amide bonds. The van der Waals surface area contributed by atoms with Gasteiger partial charge >= 0.3 is 0 Å².